The molecule has 0 aliphatic carbocycles. The van der Waals surface area contributed by atoms with E-state index in [2.05, 4.69) is 24.9 Å². The van der Waals surface area contributed by atoms with Crippen molar-refractivity contribution in [2.45, 2.75) is 0 Å². The fourth-order valence-corrected chi connectivity index (χ4v) is 1.38. The molecule has 66 valence electrons. The molecular formula is C9H5N5. The number of rotatable bonds is 0. The van der Waals surface area contributed by atoms with Crippen molar-refractivity contribution in [1.29, 1.82) is 0 Å². The topological polar surface area (TPSA) is 64.5 Å². The lowest BCUT2D eigenvalue weighted by molar-refractivity contribution is 1.18. The molecule has 0 atom stereocenters. The highest BCUT2D eigenvalue weighted by atomic mass is 14.9. The largest absolute Gasteiger partial charge is 0.251 e. The number of aromatic nitrogens is 5. The van der Waals surface area contributed by atoms with Gasteiger partial charge >= 0.3 is 0 Å². The van der Waals surface area contributed by atoms with Crippen molar-refractivity contribution in [3.63, 3.8) is 0 Å². The van der Waals surface area contributed by atoms with Crippen LogP contribution in [0.5, 0.6) is 0 Å². The molecular weight excluding hydrogens is 178 g/mol. The number of hydrogen-bond donors (Lipinski definition) is 0. The molecule has 0 saturated carbocycles. The third kappa shape index (κ3) is 0.922. The molecule has 3 aromatic rings. The Bertz CT molecular complexity index is 552. The van der Waals surface area contributed by atoms with Gasteiger partial charge in [-0.05, 0) is 0 Å². The van der Waals surface area contributed by atoms with Crippen molar-refractivity contribution in [2.24, 2.45) is 0 Å². The maximum atomic E-state index is 4.19. The van der Waals surface area contributed by atoms with Crippen LogP contribution in [0.25, 0.3) is 21.9 Å². The van der Waals surface area contributed by atoms with Gasteiger partial charge in [0, 0.05) is 11.6 Å². The highest BCUT2D eigenvalue weighted by Crippen LogP contribution is 2.16. The Morgan fingerprint density at radius 2 is 1.57 bits per heavy atom. The molecule has 0 spiro atoms. The number of nitrogens with zero attached hydrogens (tertiary/aromatic N) is 5. The van der Waals surface area contributed by atoms with E-state index in [1.807, 2.05) is 0 Å². The molecule has 0 aromatic carbocycles. The second-order valence-corrected chi connectivity index (χ2v) is 2.84. The summed E-state index contributed by atoms with van der Waals surface area (Å²) in [7, 11) is 0. The highest BCUT2D eigenvalue weighted by molar-refractivity contribution is 6.00. The van der Waals surface area contributed by atoms with Gasteiger partial charge in [0.05, 0.1) is 17.9 Å². The lowest BCUT2D eigenvalue weighted by Crippen LogP contribution is -1.89. The molecule has 0 aliphatic rings. The van der Waals surface area contributed by atoms with Gasteiger partial charge in [-0.25, -0.2) is 19.9 Å². The SMILES string of the molecule is c1ncc2c(cnc3cncnc32)n1. The van der Waals surface area contributed by atoms with E-state index in [9.17, 15) is 0 Å². The Kier molecular flexibility index (Phi) is 1.38. The Hall–Kier alpha value is -2.17. The molecule has 0 bridgehead atoms. The predicted molar refractivity (Wildman–Crippen MR) is 50.4 cm³/mol. The van der Waals surface area contributed by atoms with Crippen molar-refractivity contribution in [3.05, 3.63) is 31.2 Å². The maximum absolute atomic E-state index is 4.19. The van der Waals surface area contributed by atoms with Crippen molar-refractivity contribution in [2.75, 3.05) is 0 Å². The van der Waals surface area contributed by atoms with Crippen molar-refractivity contribution in [3.8, 4) is 0 Å². The Morgan fingerprint density at radius 3 is 2.57 bits per heavy atom. The van der Waals surface area contributed by atoms with E-state index in [1.54, 1.807) is 18.6 Å². The van der Waals surface area contributed by atoms with Crippen LogP contribution in [0.2, 0.25) is 0 Å². The summed E-state index contributed by atoms with van der Waals surface area (Å²) < 4.78 is 0. The minimum atomic E-state index is 0.759. The van der Waals surface area contributed by atoms with Gasteiger partial charge < -0.3 is 0 Å². The molecule has 0 unspecified atom stereocenters. The number of hydrogen-bond acceptors (Lipinski definition) is 5. The number of pyridine rings is 1. The van der Waals surface area contributed by atoms with Crippen LogP contribution in [0.1, 0.15) is 0 Å². The lowest BCUT2D eigenvalue weighted by atomic mass is 10.2. The second kappa shape index (κ2) is 2.66. The molecule has 0 aliphatic heterocycles. The Morgan fingerprint density at radius 1 is 0.714 bits per heavy atom. The van der Waals surface area contributed by atoms with E-state index in [-0.39, 0.29) is 0 Å². The number of fused-ring (bicyclic) bond motifs is 3. The summed E-state index contributed by atoms with van der Waals surface area (Å²) in [5.41, 5.74) is 2.35. The summed E-state index contributed by atoms with van der Waals surface area (Å²) in [6, 6.07) is 0. The summed E-state index contributed by atoms with van der Waals surface area (Å²) in [6.45, 7) is 0. The lowest BCUT2D eigenvalue weighted by Gasteiger charge is -1.98. The van der Waals surface area contributed by atoms with Gasteiger partial charge in [0.25, 0.3) is 0 Å². The van der Waals surface area contributed by atoms with E-state index in [0.717, 1.165) is 21.9 Å². The molecule has 0 fully saturated rings. The molecule has 0 radical (unpaired) electrons. The molecule has 14 heavy (non-hydrogen) atoms. The smallest absolute Gasteiger partial charge is 0.116 e. The minimum absolute atomic E-state index is 0.759. The van der Waals surface area contributed by atoms with Crippen LogP contribution < -0.4 is 0 Å². The van der Waals surface area contributed by atoms with Crippen LogP contribution in [0.3, 0.4) is 0 Å². The van der Waals surface area contributed by atoms with E-state index < -0.39 is 0 Å². The first-order valence-corrected chi connectivity index (χ1v) is 4.09. The average molecular weight is 183 g/mol. The van der Waals surface area contributed by atoms with Gasteiger partial charge in [-0.3, -0.25) is 4.98 Å². The highest BCUT2D eigenvalue weighted by Gasteiger charge is 2.02. The monoisotopic (exact) mass is 183 g/mol. The van der Waals surface area contributed by atoms with Crippen LogP contribution in [-0.4, -0.2) is 24.9 Å². The van der Waals surface area contributed by atoms with Gasteiger partial charge in [-0.1, -0.05) is 0 Å². The van der Waals surface area contributed by atoms with Crippen LogP contribution in [0.4, 0.5) is 0 Å². The first-order valence-electron chi connectivity index (χ1n) is 4.09. The summed E-state index contributed by atoms with van der Waals surface area (Å²) in [4.78, 5) is 20.3. The first kappa shape index (κ1) is 7.25. The van der Waals surface area contributed by atoms with Crippen molar-refractivity contribution < 1.29 is 0 Å². The molecule has 0 amide bonds. The maximum Gasteiger partial charge on any atom is 0.116 e. The average Bonchev–Trinajstić information content (AvgIpc) is 2.29. The standard InChI is InChI=1S/C9H5N5/c1-6-7(13-4-10-1)3-12-8-2-11-5-14-9(6)8/h1-5H. The third-order valence-corrected chi connectivity index (χ3v) is 2.02. The molecule has 3 aromatic heterocycles. The molecule has 0 saturated heterocycles. The zero-order chi connectivity index (χ0) is 9.38. The normalized spacial score (nSPS) is 10.9. The molecule has 0 N–H and O–H groups in total. The quantitative estimate of drug-likeness (QED) is 0.486. The van der Waals surface area contributed by atoms with Crippen LogP contribution in [0, 0.1) is 0 Å². The Labute approximate surface area is 78.9 Å². The fraction of sp³-hybridized carbons (Fsp3) is 0. The molecule has 5 heteroatoms. The van der Waals surface area contributed by atoms with E-state index in [1.165, 1.54) is 12.7 Å². The van der Waals surface area contributed by atoms with Crippen LogP contribution in [0.15, 0.2) is 31.2 Å². The summed E-state index contributed by atoms with van der Waals surface area (Å²) in [5, 5.41) is 0.903. The Balaban J connectivity index is 2.61. The third-order valence-electron chi connectivity index (χ3n) is 2.02. The first-order chi connectivity index (χ1) is 6.95. The zero-order valence-electron chi connectivity index (χ0n) is 7.12. The van der Waals surface area contributed by atoms with Crippen LogP contribution >= 0.6 is 0 Å². The fourth-order valence-electron chi connectivity index (χ4n) is 1.38. The van der Waals surface area contributed by atoms with Crippen molar-refractivity contribution >= 4 is 21.9 Å². The molecule has 5 nitrogen and oxygen atoms in total. The summed E-state index contributed by atoms with van der Waals surface area (Å²) >= 11 is 0. The summed E-state index contributed by atoms with van der Waals surface area (Å²) in [6.07, 6.45) is 8.10. The van der Waals surface area contributed by atoms with Crippen molar-refractivity contribution in [1.82, 2.24) is 24.9 Å². The van der Waals surface area contributed by atoms with E-state index in [4.69, 9.17) is 0 Å². The molecule has 3 rings (SSSR count). The minimum Gasteiger partial charge on any atom is -0.251 e. The van der Waals surface area contributed by atoms with Gasteiger partial charge in [-0.2, -0.15) is 0 Å². The van der Waals surface area contributed by atoms with E-state index >= 15 is 0 Å². The van der Waals surface area contributed by atoms with Gasteiger partial charge in [-0.15, -0.1) is 0 Å². The zero-order valence-corrected chi connectivity index (χ0v) is 7.12. The van der Waals surface area contributed by atoms with Gasteiger partial charge in [0.2, 0.25) is 0 Å². The van der Waals surface area contributed by atoms with Gasteiger partial charge in [0.1, 0.15) is 23.7 Å². The summed E-state index contributed by atoms with van der Waals surface area (Å²) in [5.74, 6) is 0. The van der Waals surface area contributed by atoms with Gasteiger partial charge in [0.15, 0.2) is 0 Å². The van der Waals surface area contributed by atoms with E-state index in [0.29, 0.717) is 0 Å². The predicted octanol–water partition coefficient (Wildman–Crippen LogP) is 0.968. The molecule has 3 heterocycles. The van der Waals surface area contributed by atoms with Crippen LogP contribution in [-0.2, 0) is 0 Å². The second-order valence-electron chi connectivity index (χ2n) is 2.84.